The molecule has 2 aromatic carbocycles. The van der Waals surface area contributed by atoms with Gasteiger partial charge in [-0.25, -0.2) is 4.74 Å². The monoisotopic (exact) mass is 353 g/mol. The third-order valence-electron chi connectivity index (χ3n) is 5.08. The third kappa shape index (κ3) is 3.41. The second kappa shape index (κ2) is 7.14. The Hall–Kier alpha value is -1.91. The molecule has 0 aliphatic carbocycles. The molecular formula is C21H27NO2Si. The lowest BCUT2D eigenvalue weighted by atomic mass is 10.2. The summed E-state index contributed by atoms with van der Waals surface area (Å²) in [5.41, 5.74) is 0. The van der Waals surface area contributed by atoms with E-state index in [1.807, 2.05) is 12.1 Å². The largest absolute Gasteiger partial charge is 0.624 e. The van der Waals surface area contributed by atoms with E-state index in [1.54, 1.807) is 6.21 Å². The van der Waals surface area contributed by atoms with Crippen LogP contribution in [0.15, 0.2) is 60.7 Å². The van der Waals surface area contributed by atoms with E-state index in [-0.39, 0.29) is 11.1 Å². The van der Waals surface area contributed by atoms with Crippen LogP contribution in [0.1, 0.15) is 33.6 Å². The highest BCUT2D eigenvalue weighted by Crippen LogP contribution is 2.37. The van der Waals surface area contributed by atoms with E-state index in [4.69, 9.17) is 4.43 Å². The molecular weight excluding hydrogens is 326 g/mol. The third-order valence-corrected chi connectivity index (χ3v) is 10.1. The molecule has 0 bridgehead atoms. The zero-order valence-corrected chi connectivity index (χ0v) is 16.3. The molecule has 2 aromatic rings. The van der Waals surface area contributed by atoms with Crippen molar-refractivity contribution in [3.8, 4) is 0 Å². The molecule has 0 aromatic heterocycles. The molecule has 0 saturated carbocycles. The summed E-state index contributed by atoms with van der Waals surface area (Å²) in [4.78, 5) is 0. The van der Waals surface area contributed by atoms with Gasteiger partial charge in [0.1, 0.15) is 0 Å². The average molecular weight is 354 g/mol. The molecule has 1 heterocycles. The van der Waals surface area contributed by atoms with E-state index in [1.165, 1.54) is 10.4 Å². The quantitative estimate of drug-likeness (QED) is 0.470. The minimum absolute atomic E-state index is 0.0499. The molecule has 0 saturated heterocycles. The first kappa shape index (κ1) is 17.9. The molecule has 132 valence electrons. The normalized spacial score (nSPS) is 18.2. The maximum absolute atomic E-state index is 12.0. The van der Waals surface area contributed by atoms with Gasteiger partial charge in [0.2, 0.25) is 0 Å². The average Bonchev–Trinajstić information content (AvgIpc) is 3.01. The van der Waals surface area contributed by atoms with Crippen LogP contribution in [0.25, 0.3) is 0 Å². The van der Waals surface area contributed by atoms with Crippen LogP contribution in [0, 0.1) is 5.21 Å². The number of nitrogens with zero attached hydrogens (tertiary/aromatic N) is 1. The van der Waals surface area contributed by atoms with Gasteiger partial charge < -0.3 is 9.63 Å². The number of hydroxylamine groups is 1. The van der Waals surface area contributed by atoms with Crippen LogP contribution in [0.4, 0.5) is 0 Å². The fraction of sp³-hybridized carbons (Fsp3) is 0.381. The van der Waals surface area contributed by atoms with Crippen molar-refractivity contribution >= 4 is 24.9 Å². The van der Waals surface area contributed by atoms with Gasteiger partial charge in [0, 0.05) is 12.8 Å². The number of benzene rings is 2. The lowest BCUT2D eigenvalue weighted by Gasteiger charge is -2.43. The van der Waals surface area contributed by atoms with Crippen LogP contribution in [-0.4, -0.2) is 31.9 Å². The summed E-state index contributed by atoms with van der Waals surface area (Å²) in [7, 11) is -2.53. The predicted octanol–water partition coefficient (Wildman–Crippen LogP) is 3.31. The van der Waals surface area contributed by atoms with Gasteiger partial charge >= 0.3 is 0 Å². The molecule has 25 heavy (non-hydrogen) atoms. The molecule has 3 rings (SSSR count). The Morgan fingerprint density at radius 3 is 1.92 bits per heavy atom. The van der Waals surface area contributed by atoms with E-state index in [0.29, 0.717) is 6.61 Å². The fourth-order valence-electron chi connectivity index (χ4n) is 3.81. The summed E-state index contributed by atoms with van der Waals surface area (Å²) < 4.78 is 7.88. The standard InChI is InChI=1S/C21H27NO2Si/c1-21(2,3)25(19-12-6-4-7-13-19,20-14-8-5-9-15-20)24-17-18-11-10-16-22(18)23/h4-9,12-16,18H,10-11,17H2,1-3H3/t18-/m0/s1. The Morgan fingerprint density at radius 2 is 1.52 bits per heavy atom. The molecule has 0 N–H and O–H groups in total. The molecule has 3 nitrogen and oxygen atoms in total. The van der Waals surface area contributed by atoms with Gasteiger partial charge in [0.15, 0.2) is 12.3 Å². The first-order valence-electron chi connectivity index (χ1n) is 8.99. The van der Waals surface area contributed by atoms with Gasteiger partial charge in [-0.1, -0.05) is 81.4 Å². The second-order valence-corrected chi connectivity index (χ2v) is 12.1. The van der Waals surface area contributed by atoms with E-state index < -0.39 is 8.32 Å². The molecule has 0 fully saturated rings. The Labute approximate surface area is 151 Å². The van der Waals surface area contributed by atoms with Crippen LogP contribution in [0.2, 0.25) is 5.04 Å². The molecule has 1 atom stereocenters. The van der Waals surface area contributed by atoms with E-state index >= 15 is 0 Å². The highest BCUT2D eigenvalue weighted by Gasteiger charge is 2.50. The Balaban J connectivity index is 2.07. The highest BCUT2D eigenvalue weighted by molar-refractivity contribution is 6.99. The zero-order valence-electron chi connectivity index (χ0n) is 15.3. The van der Waals surface area contributed by atoms with Gasteiger partial charge in [-0.3, -0.25) is 0 Å². The summed E-state index contributed by atoms with van der Waals surface area (Å²) in [6.07, 6.45) is 3.46. The Bertz CT molecular complexity index is 683. The van der Waals surface area contributed by atoms with Crippen molar-refractivity contribution in [2.45, 2.75) is 44.7 Å². The lowest BCUT2D eigenvalue weighted by molar-refractivity contribution is -0.491. The topological polar surface area (TPSA) is 35.3 Å². The van der Waals surface area contributed by atoms with Crippen LogP contribution < -0.4 is 10.4 Å². The maximum atomic E-state index is 12.0. The van der Waals surface area contributed by atoms with Crippen LogP contribution in [0.5, 0.6) is 0 Å². The van der Waals surface area contributed by atoms with E-state index in [0.717, 1.165) is 17.6 Å². The van der Waals surface area contributed by atoms with Gasteiger partial charge in [0.25, 0.3) is 8.32 Å². The first-order valence-corrected chi connectivity index (χ1v) is 10.9. The molecule has 0 radical (unpaired) electrons. The molecule has 0 amide bonds. The second-order valence-electron chi connectivity index (χ2n) is 7.75. The van der Waals surface area contributed by atoms with Gasteiger partial charge in [-0.2, -0.15) is 0 Å². The summed E-state index contributed by atoms with van der Waals surface area (Å²) in [5.74, 6) is 0. The first-order chi connectivity index (χ1) is 11.9. The van der Waals surface area contributed by atoms with E-state index in [2.05, 4.69) is 69.3 Å². The van der Waals surface area contributed by atoms with Gasteiger partial charge in [0.05, 0.1) is 6.61 Å². The number of rotatable bonds is 5. The molecule has 1 aliphatic rings. The van der Waals surface area contributed by atoms with Crippen LogP contribution >= 0.6 is 0 Å². The minimum Gasteiger partial charge on any atom is -0.624 e. The summed E-state index contributed by atoms with van der Waals surface area (Å²) in [5, 5.41) is 14.5. The van der Waals surface area contributed by atoms with Crippen LogP contribution in [-0.2, 0) is 4.43 Å². The number of hydrogen-bond acceptors (Lipinski definition) is 2. The summed E-state index contributed by atoms with van der Waals surface area (Å²) >= 11 is 0. The number of hydrogen-bond donors (Lipinski definition) is 0. The fourth-order valence-corrected chi connectivity index (χ4v) is 8.41. The molecule has 0 unspecified atom stereocenters. The van der Waals surface area contributed by atoms with Crippen molar-refractivity contribution in [1.82, 2.24) is 0 Å². The smallest absolute Gasteiger partial charge is 0.261 e. The SMILES string of the molecule is CC(C)(C)[Si](OC[C@@H]1CCC=[N+]1[O-])(c1ccccc1)c1ccccc1. The van der Waals surface area contributed by atoms with Crippen molar-refractivity contribution in [3.63, 3.8) is 0 Å². The van der Waals surface area contributed by atoms with Crippen molar-refractivity contribution in [2.75, 3.05) is 6.61 Å². The van der Waals surface area contributed by atoms with Crippen LogP contribution in [0.3, 0.4) is 0 Å². The summed E-state index contributed by atoms with van der Waals surface area (Å²) in [6.45, 7) is 7.26. The van der Waals surface area contributed by atoms with Crippen molar-refractivity contribution < 1.29 is 9.16 Å². The molecule has 1 aliphatic heterocycles. The molecule has 4 heteroatoms. The predicted molar refractivity (Wildman–Crippen MR) is 106 cm³/mol. The van der Waals surface area contributed by atoms with Crippen molar-refractivity contribution in [1.29, 1.82) is 0 Å². The van der Waals surface area contributed by atoms with Crippen molar-refractivity contribution in [2.24, 2.45) is 0 Å². The van der Waals surface area contributed by atoms with Crippen molar-refractivity contribution in [3.05, 3.63) is 65.9 Å². The van der Waals surface area contributed by atoms with E-state index in [9.17, 15) is 5.21 Å². The minimum atomic E-state index is -2.53. The summed E-state index contributed by atoms with van der Waals surface area (Å²) in [6, 6.07) is 21.1. The zero-order chi connectivity index (χ0) is 17.9. The lowest BCUT2D eigenvalue weighted by Crippen LogP contribution is -2.67. The molecule has 0 spiro atoms. The van der Waals surface area contributed by atoms with Gasteiger partial charge in [-0.05, 0) is 15.4 Å². The Morgan fingerprint density at radius 1 is 1.00 bits per heavy atom. The maximum Gasteiger partial charge on any atom is 0.261 e. The van der Waals surface area contributed by atoms with Gasteiger partial charge in [-0.15, -0.1) is 0 Å². The highest BCUT2D eigenvalue weighted by atomic mass is 28.4. The Kier molecular flexibility index (Phi) is 5.11.